The second-order valence-electron chi connectivity index (χ2n) is 4.89. The van der Waals surface area contributed by atoms with Crippen molar-refractivity contribution in [1.82, 2.24) is 20.1 Å². The van der Waals surface area contributed by atoms with Crippen LogP contribution in [0.2, 0.25) is 0 Å². The summed E-state index contributed by atoms with van der Waals surface area (Å²) in [5.41, 5.74) is 2.41. The lowest BCUT2D eigenvalue weighted by atomic mass is 10.2. The van der Waals surface area contributed by atoms with E-state index in [1.54, 1.807) is 0 Å². The fourth-order valence-corrected chi connectivity index (χ4v) is 2.27. The Morgan fingerprint density at radius 3 is 3.00 bits per heavy atom. The van der Waals surface area contributed by atoms with Gasteiger partial charge >= 0.3 is 0 Å². The van der Waals surface area contributed by atoms with Crippen molar-refractivity contribution in [2.75, 3.05) is 0 Å². The summed E-state index contributed by atoms with van der Waals surface area (Å²) in [4.78, 5) is 3.42. The van der Waals surface area contributed by atoms with Gasteiger partial charge in [-0.1, -0.05) is 18.2 Å². The monoisotopic (exact) mass is 254 g/mol. The maximum atomic E-state index is 4.21. The molecular formula is C15H18N4. The average molecular weight is 254 g/mol. The summed E-state index contributed by atoms with van der Waals surface area (Å²) in [7, 11) is 0. The molecule has 0 fully saturated rings. The Hall–Kier alpha value is -2.07. The molecule has 1 unspecified atom stereocenters. The number of nitrogens with zero attached hydrogens (tertiary/aromatic N) is 2. The van der Waals surface area contributed by atoms with Gasteiger partial charge in [-0.25, -0.2) is 0 Å². The van der Waals surface area contributed by atoms with Crippen LogP contribution in [-0.2, 0) is 13.1 Å². The van der Waals surface area contributed by atoms with E-state index in [4.69, 9.17) is 0 Å². The van der Waals surface area contributed by atoms with Gasteiger partial charge in [-0.15, -0.1) is 0 Å². The lowest BCUT2D eigenvalue weighted by Crippen LogP contribution is -2.30. The molecule has 3 rings (SSSR count). The highest BCUT2D eigenvalue weighted by Gasteiger charge is 2.04. The molecule has 2 heterocycles. The van der Waals surface area contributed by atoms with Crippen molar-refractivity contribution in [3.8, 4) is 0 Å². The highest BCUT2D eigenvalue weighted by molar-refractivity contribution is 5.80. The molecule has 0 aliphatic carbocycles. The maximum Gasteiger partial charge on any atom is 0.0560 e. The molecule has 0 bridgehead atoms. The average Bonchev–Trinajstić information content (AvgIpc) is 3.04. The second kappa shape index (κ2) is 5.28. The minimum Gasteiger partial charge on any atom is -0.357 e. The molecule has 0 radical (unpaired) electrons. The zero-order chi connectivity index (χ0) is 13.1. The largest absolute Gasteiger partial charge is 0.357 e. The van der Waals surface area contributed by atoms with E-state index < -0.39 is 0 Å². The molecule has 0 spiro atoms. The molecule has 2 N–H and O–H groups in total. The van der Waals surface area contributed by atoms with Gasteiger partial charge in [0.1, 0.15) is 0 Å². The standard InChI is InChI=1S/C15H18N4/c1-12(11-19-8-4-7-17-19)16-10-14-9-13-5-2-3-6-15(13)18-14/h2-9,12,16,18H,10-11H2,1H3. The summed E-state index contributed by atoms with van der Waals surface area (Å²) in [5.74, 6) is 0. The van der Waals surface area contributed by atoms with Gasteiger partial charge in [0, 0.05) is 36.2 Å². The molecule has 0 aliphatic heterocycles. The van der Waals surface area contributed by atoms with Crippen LogP contribution in [0, 0.1) is 0 Å². The first kappa shape index (κ1) is 12.0. The molecular weight excluding hydrogens is 236 g/mol. The molecule has 3 aromatic rings. The van der Waals surface area contributed by atoms with Crippen molar-refractivity contribution in [3.63, 3.8) is 0 Å². The van der Waals surface area contributed by atoms with Gasteiger partial charge in [-0.2, -0.15) is 5.10 Å². The number of para-hydroxylation sites is 1. The van der Waals surface area contributed by atoms with Crippen molar-refractivity contribution in [1.29, 1.82) is 0 Å². The number of hydrogen-bond donors (Lipinski definition) is 2. The first-order valence-corrected chi connectivity index (χ1v) is 6.59. The first-order chi connectivity index (χ1) is 9.31. The van der Waals surface area contributed by atoms with Gasteiger partial charge in [-0.05, 0) is 30.5 Å². The fraction of sp³-hybridized carbons (Fsp3) is 0.267. The number of nitrogens with one attached hydrogen (secondary N) is 2. The van der Waals surface area contributed by atoms with E-state index in [1.807, 2.05) is 23.1 Å². The predicted molar refractivity (Wildman–Crippen MR) is 76.8 cm³/mol. The van der Waals surface area contributed by atoms with Crippen molar-refractivity contribution >= 4 is 10.9 Å². The third-order valence-electron chi connectivity index (χ3n) is 3.25. The van der Waals surface area contributed by atoms with Gasteiger partial charge in [0.05, 0.1) is 6.54 Å². The summed E-state index contributed by atoms with van der Waals surface area (Å²) in [6.45, 7) is 3.90. The second-order valence-corrected chi connectivity index (χ2v) is 4.89. The van der Waals surface area contributed by atoms with Crippen LogP contribution in [0.1, 0.15) is 12.6 Å². The van der Waals surface area contributed by atoms with Crippen LogP contribution in [0.3, 0.4) is 0 Å². The Morgan fingerprint density at radius 1 is 1.32 bits per heavy atom. The van der Waals surface area contributed by atoms with E-state index in [0.717, 1.165) is 13.1 Å². The van der Waals surface area contributed by atoms with Crippen LogP contribution in [0.5, 0.6) is 0 Å². The molecule has 4 heteroatoms. The van der Waals surface area contributed by atoms with Gasteiger partial charge in [0.25, 0.3) is 0 Å². The summed E-state index contributed by atoms with van der Waals surface area (Å²) in [5, 5.41) is 8.98. The highest BCUT2D eigenvalue weighted by Crippen LogP contribution is 2.14. The Balaban J connectivity index is 1.59. The number of H-pyrrole nitrogens is 1. The number of aromatic amines is 1. The smallest absolute Gasteiger partial charge is 0.0560 e. The normalized spacial score (nSPS) is 12.9. The molecule has 0 saturated carbocycles. The Morgan fingerprint density at radius 2 is 2.21 bits per heavy atom. The number of hydrogen-bond acceptors (Lipinski definition) is 2. The molecule has 19 heavy (non-hydrogen) atoms. The maximum absolute atomic E-state index is 4.21. The van der Waals surface area contributed by atoms with Crippen LogP contribution >= 0.6 is 0 Å². The van der Waals surface area contributed by atoms with E-state index in [1.165, 1.54) is 16.6 Å². The topological polar surface area (TPSA) is 45.6 Å². The zero-order valence-electron chi connectivity index (χ0n) is 11.0. The fourth-order valence-electron chi connectivity index (χ4n) is 2.27. The van der Waals surface area contributed by atoms with E-state index in [-0.39, 0.29) is 0 Å². The van der Waals surface area contributed by atoms with Gasteiger partial charge in [0.2, 0.25) is 0 Å². The summed E-state index contributed by atoms with van der Waals surface area (Å²) in [6.07, 6.45) is 3.80. The molecule has 1 atom stereocenters. The minimum atomic E-state index is 0.381. The SMILES string of the molecule is CC(Cn1cccn1)NCc1cc2ccccc2[nH]1. The Kier molecular flexibility index (Phi) is 3.33. The minimum absolute atomic E-state index is 0.381. The van der Waals surface area contributed by atoms with Gasteiger partial charge in [0.15, 0.2) is 0 Å². The van der Waals surface area contributed by atoms with E-state index in [9.17, 15) is 0 Å². The Bertz CT molecular complexity index is 606. The van der Waals surface area contributed by atoms with E-state index in [0.29, 0.717) is 6.04 Å². The van der Waals surface area contributed by atoms with E-state index >= 15 is 0 Å². The molecule has 0 aliphatic rings. The number of aromatic nitrogens is 3. The Labute approximate surface area is 112 Å². The lowest BCUT2D eigenvalue weighted by Gasteiger charge is -2.13. The van der Waals surface area contributed by atoms with Crippen molar-refractivity contribution in [2.45, 2.75) is 26.1 Å². The molecule has 98 valence electrons. The van der Waals surface area contributed by atoms with Crippen LogP contribution in [0.25, 0.3) is 10.9 Å². The van der Waals surface area contributed by atoms with Gasteiger partial charge in [-0.3, -0.25) is 4.68 Å². The quantitative estimate of drug-likeness (QED) is 0.735. The highest BCUT2D eigenvalue weighted by atomic mass is 15.3. The molecule has 0 saturated heterocycles. The van der Waals surface area contributed by atoms with Crippen LogP contribution in [0.4, 0.5) is 0 Å². The molecule has 2 aromatic heterocycles. The lowest BCUT2D eigenvalue weighted by molar-refractivity contribution is 0.449. The van der Waals surface area contributed by atoms with Crippen LogP contribution < -0.4 is 5.32 Å². The summed E-state index contributed by atoms with van der Waals surface area (Å²) >= 11 is 0. The zero-order valence-corrected chi connectivity index (χ0v) is 11.0. The molecule has 4 nitrogen and oxygen atoms in total. The number of fused-ring (bicyclic) bond motifs is 1. The number of rotatable bonds is 5. The van der Waals surface area contributed by atoms with Gasteiger partial charge < -0.3 is 10.3 Å². The third kappa shape index (κ3) is 2.85. The molecule has 1 aromatic carbocycles. The third-order valence-corrected chi connectivity index (χ3v) is 3.25. The summed E-state index contributed by atoms with van der Waals surface area (Å²) < 4.78 is 1.95. The summed E-state index contributed by atoms with van der Waals surface area (Å²) in [6, 6.07) is 12.9. The predicted octanol–water partition coefficient (Wildman–Crippen LogP) is 2.54. The first-order valence-electron chi connectivity index (χ1n) is 6.59. The van der Waals surface area contributed by atoms with E-state index in [2.05, 4.69) is 52.7 Å². The van der Waals surface area contributed by atoms with Crippen molar-refractivity contribution < 1.29 is 0 Å². The number of benzene rings is 1. The van der Waals surface area contributed by atoms with Crippen molar-refractivity contribution in [2.24, 2.45) is 0 Å². The molecule has 0 amide bonds. The van der Waals surface area contributed by atoms with Crippen molar-refractivity contribution in [3.05, 3.63) is 54.5 Å². The van der Waals surface area contributed by atoms with Crippen LogP contribution in [0.15, 0.2) is 48.8 Å². The van der Waals surface area contributed by atoms with Crippen LogP contribution in [-0.4, -0.2) is 20.8 Å².